The average molecular weight is 526 g/mol. The van der Waals surface area contributed by atoms with Crippen molar-refractivity contribution in [2.75, 3.05) is 6.61 Å². The minimum atomic E-state index is -0.792. The topological polar surface area (TPSA) is 76.1 Å². The predicted molar refractivity (Wildman–Crippen MR) is 146 cm³/mol. The van der Waals surface area contributed by atoms with E-state index in [0.29, 0.717) is 35.2 Å². The molecule has 1 aliphatic heterocycles. The molecule has 1 N–H and O–H groups in total. The molecule has 1 amide bonds. The van der Waals surface area contributed by atoms with Crippen LogP contribution in [0.3, 0.4) is 0 Å². The zero-order valence-electron chi connectivity index (χ0n) is 20.9. The lowest BCUT2D eigenvalue weighted by atomic mass is 9.94. The van der Waals surface area contributed by atoms with Gasteiger partial charge in [-0.3, -0.25) is 9.59 Å². The smallest absolute Gasteiger partial charge is 0.290 e. The van der Waals surface area contributed by atoms with Crippen molar-refractivity contribution in [2.45, 2.75) is 26.1 Å². The van der Waals surface area contributed by atoms with Gasteiger partial charge in [-0.25, -0.2) is 0 Å². The summed E-state index contributed by atoms with van der Waals surface area (Å²) in [7, 11) is 0. The van der Waals surface area contributed by atoms with E-state index in [0.717, 1.165) is 11.1 Å². The summed E-state index contributed by atoms with van der Waals surface area (Å²) in [4.78, 5) is 28.9. The highest BCUT2D eigenvalue weighted by Gasteiger charge is 2.44. The van der Waals surface area contributed by atoms with Crippen LogP contribution in [-0.2, 0) is 17.9 Å². The second kappa shape index (κ2) is 11.4. The van der Waals surface area contributed by atoms with E-state index in [1.54, 1.807) is 29.6 Å². The molecule has 2 heterocycles. The van der Waals surface area contributed by atoms with Crippen LogP contribution in [0.5, 0.6) is 11.5 Å². The van der Waals surface area contributed by atoms with Crippen molar-refractivity contribution in [3.05, 3.63) is 129 Å². The number of carbonyl (C=O) groups excluding carboxylic acids is 2. The van der Waals surface area contributed by atoms with E-state index in [9.17, 15) is 14.7 Å². The van der Waals surface area contributed by atoms with E-state index in [1.165, 1.54) is 16.2 Å². The molecule has 6 nitrogen and oxygen atoms in total. The molecule has 192 valence electrons. The summed E-state index contributed by atoms with van der Waals surface area (Å²) in [6, 6.07) is 27.4. The largest absolute Gasteiger partial charge is 0.503 e. The first kappa shape index (κ1) is 25.3. The number of hydrogen-bond donors (Lipinski definition) is 1. The Morgan fingerprint density at radius 2 is 1.61 bits per heavy atom. The standard InChI is InChI=1S/C31H27NO5S/c1-2-36-25-18-23(15-16-24(25)37-20-22-12-7-4-8-13-22)28-27(29(33)26-14-9-17-38-26)30(34)31(35)32(28)19-21-10-5-3-6-11-21/h3-18,28,34H,2,19-20H2,1H3. The number of hydrogen-bond acceptors (Lipinski definition) is 6. The number of rotatable bonds is 10. The molecule has 1 aliphatic rings. The second-order valence-electron chi connectivity index (χ2n) is 8.80. The Morgan fingerprint density at radius 3 is 2.26 bits per heavy atom. The van der Waals surface area contributed by atoms with Crippen LogP contribution in [-0.4, -0.2) is 28.3 Å². The molecule has 0 radical (unpaired) electrons. The fourth-order valence-corrected chi connectivity index (χ4v) is 5.21. The summed E-state index contributed by atoms with van der Waals surface area (Å²) >= 11 is 1.27. The van der Waals surface area contributed by atoms with Crippen molar-refractivity contribution in [3.8, 4) is 11.5 Å². The Morgan fingerprint density at radius 1 is 0.895 bits per heavy atom. The highest BCUT2D eigenvalue weighted by atomic mass is 32.1. The quantitative estimate of drug-likeness (QED) is 0.239. The summed E-state index contributed by atoms with van der Waals surface area (Å²) in [6.07, 6.45) is 0. The van der Waals surface area contributed by atoms with Gasteiger partial charge in [0.2, 0.25) is 5.78 Å². The minimum absolute atomic E-state index is 0.0637. The van der Waals surface area contributed by atoms with Crippen LogP contribution in [0.1, 0.15) is 39.3 Å². The Labute approximate surface area is 225 Å². The lowest BCUT2D eigenvalue weighted by molar-refractivity contribution is -0.130. The van der Waals surface area contributed by atoms with E-state index in [4.69, 9.17) is 9.47 Å². The maximum absolute atomic E-state index is 13.5. The Balaban J connectivity index is 1.53. The van der Waals surface area contributed by atoms with Gasteiger partial charge in [0.05, 0.1) is 23.1 Å². The molecule has 0 spiro atoms. The fourth-order valence-electron chi connectivity index (χ4n) is 4.53. The molecule has 0 aliphatic carbocycles. The van der Waals surface area contributed by atoms with Crippen LogP contribution < -0.4 is 9.47 Å². The number of ether oxygens (including phenoxy) is 2. The SMILES string of the molecule is CCOc1cc(C2C(C(=O)c3cccs3)=C(O)C(=O)N2Cc2ccccc2)ccc1OCc1ccccc1. The Hall–Kier alpha value is -4.36. The third kappa shape index (κ3) is 5.19. The Kier molecular flexibility index (Phi) is 7.56. The molecule has 5 rings (SSSR count). The highest BCUT2D eigenvalue weighted by Crippen LogP contribution is 2.43. The van der Waals surface area contributed by atoms with Gasteiger partial charge in [0.15, 0.2) is 17.3 Å². The van der Waals surface area contributed by atoms with Crippen molar-refractivity contribution in [1.82, 2.24) is 4.90 Å². The molecule has 0 saturated carbocycles. The number of Topliss-reactive ketones (excluding diaryl/α,β-unsaturated/α-hetero) is 1. The molecule has 1 unspecified atom stereocenters. The molecule has 1 atom stereocenters. The Bertz CT molecular complexity index is 1450. The van der Waals surface area contributed by atoms with Crippen LogP contribution >= 0.6 is 11.3 Å². The molecule has 1 aromatic heterocycles. The van der Waals surface area contributed by atoms with Crippen LogP contribution in [0, 0.1) is 0 Å². The van der Waals surface area contributed by atoms with Gasteiger partial charge in [-0.05, 0) is 47.2 Å². The third-order valence-electron chi connectivity index (χ3n) is 6.31. The highest BCUT2D eigenvalue weighted by molar-refractivity contribution is 7.12. The molecule has 38 heavy (non-hydrogen) atoms. The number of aliphatic hydroxyl groups is 1. The third-order valence-corrected chi connectivity index (χ3v) is 7.18. The first-order chi connectivity index (χ1) is 18.6. The second-order valence-corrected chi connectivity index (χ2v) is 9.75. The summed E-state index contributed by atoms with van der Waals surface area (Å²) < 4.78 is 12.0. The van der Waals surface area contributed by atoms with Crippen LogP contribution in [0.15, 0.2) is 108 Å². The minimum Gasteiger partial charge on any atom is -0.503 e. The van der Waals surface area contributed by atoms with E-state index >= 15 is 0 Å². The summed E-state index contributed by atoms with van der Waals surface area (Å²) in [5.74, 6) is -0.415. The van der Waals surface area contributed by atoms with Gasteiger partial charge in [-0.2, -0.15) is 0 Å². The van der Waals surface area contributed by atoms with E-state index in [-0.39, 0.29) is 17.9 Å². The monoisotopic (exact) mass is 525 g/mol. The zero-order chi connectivity index (χ0) is 26.5. The number of carbonyl (C=O) groups is 2. The molecule has 3 aromatic carbocycles. The molecular weight excluding hydrogens is 498 g/mol. The van der Waals surface area contributed by atoms with Crippen LogP contribution in [0.2, 0.25) is 0 Å². The van der Waals surface area contributed by atoms with E-state index in [2.05, 4.69) is 0 Å². The number of nitrogens with zero attached hydrogens (tertiary/aromatic N) is 1. The normalized spacial score (nSPS) is 15.1. The average Bonchev–Trinajstić information content (AvgIpc) is 3.57. The maximum atomic E-state index is 13.5. The van der Waals surface area contributed by atoms with E-state index < -0.39 is 17.7 Å². The van der Waals surface area contributed by atoms with Crippen molar-refractivity contribution in [3.63, 3.8) is 0 Å². The number of ketones is 1. The predicted octanol–water partition coefficient (Wildman–Crippen LogP) is 6.50. The first-order valence-electron chi connectivity index (χ1n) is 12.4. The molecule has 7 heteroatoms. The molecule has 0 saturated heterocycles. The van der Waals surface area contributed by atoms with Gasteiger partial charge >= 0.3 is 0 Å². The molecule has 0 bridgehead atoms. The van der Waals surface area contributed by atoms with Gasteiger partial charge in [-0.15, -0.1) is 11.3 Å². The first-order valence-corrected chi connectivity index (χ1v) is 13.2. The summed E-state index contributed by atoms with van der Waals surface area (Å²) in [5, 5.41) is 12.8. The molecule has 4 aromatic rings. The van der Waals surface area contributed by atoms with Crippen molar-refractivity contribution < 1.29 is 24.2 Å². The van der Waals surface area contributed by atoms with Gasteiger partial charge < -0.3 is 19.5 Å². The van der Waals surface area contributed by atoms with Gasteiger partial charge in [-0.1, -0.05) is 72.8 Å². The van der Waals surface area contributed by atoms with Crippen LogP contribution in [0.4, 0.5) is 0 Å². The molecule has 0 fully saturated rings. The lowest BCUT2D eigenvalue weighted by Crippen LogP contribution is -2.30. The zero-order valence-corrected chi connectivity index (χ0v) is 21.7. The maximum Gasteiger partial charge on any atom is 0.290 e. The molecular formula is C31H27NO5S. The van der Waals surface area contributed by atoms with Crippen molar-refractivity contribution >= 4 is 23.0 Å². The van der Waals surface area contributed by atoms with Crippen molar-refractivity contribution in [1.29, 1.82) is 0 Å². The number of aliphatic hydroxyl groups excluding tert-OH is 1. The summed E-state index contributed by atoms with van der Waals surface area (Å²) in [6.45, 7) is 2.88. The van der Waals surface area contributed by atoms with Crippen molar-refractivity contribution in [2.24, 2.45) is 0 Å². The number of benzene rings is 3. The lowest BCUT2D eigenvalue weighted by Gasteiger charge is -2.27. The number of amides is 1. The van der Waals surface area contributed by atoms with Gasteiger partial charge in [0, 0.05) is 6.54 Å². The van der Waals surface area contributed by atoms with Crippen LogP contribution in [0.25, 0.3) is 0 Å². The van der Waals surface area contributed by atoms with E-state index in [1.807, 2.05) is 73.7 Å². The van der Waals surface area contributed by atoms with Gasteiger partial charge in [0.25, 0.3) is 5.91 Å². The fraction of sp³-hybridized carbons (Fsp3) is 0.161. The number of thiophene rings is 1. The summed E-state index contributed by atoms with van der Waals surface area (Å²) in [5.41, 5.74) is 2.62. The van der Waals surface area contributed by atoms with Gasteiger partial charge in [0.1, 0.15) is 6.61 Å².